The van der Waals surface area contributed by atoms with Crippen molar-refractivity contribution in [3.8, 4) is 5.75 Å². The minimum absolute atomic E-state index is 0.0953. The summed E-state index contributed by atoms with van der Waals surface area (Å²) in [6.45, 7) is 6.34. The minimum Gasteiger partial charge on any atom is -0.491 e. The zero-order valence-electron chi connectivity index (χ0n) is 11.1. The largest absolute Gasteiger partial charge is 0.491 e. The van der Waals surface area contributed by atoms with E-state index in [1.54, 1.807) is 0 Å². The fourth-order valence-corrected chi connectivity index (χ4v) is 1.94. The maximum absolute atomic E-state index is 12.1. The second kappa shape index (κ2) is 4.61. The number of carbonyl (C=O) groups is 1. The van der Waals surface area contributed by atoms with Crippen LogP contribution >= 0.6 is 0 Å². The van der Waals surface area contributed by atoms with Crippen LogP contribution in [0.5, 0.6) is 5.75 Å². The molecule has 0 radical (unpaired) electrons. The number of fused-ring (bicyclic) bond motifs is 1. The molecule has 0 aromatic heterocycles. The lowest BCUT2D eigenvalue weighted by molar-refractivity contribution is -0.125. The number of ether oxygens (including phenoxy) is 1. The van der Waals surface area contributed by atoms with Gasteiger partial charge in [-0.15, -0.1) is 0 Å². The van der Waals surface area contributed by atoms with E-state index in [0.717, 1.165) is 11.3 Å². The molecule has 1 unspecified atom stereocenters. The third-order valence-electron chi connectivity index (χ3n) is 3.23. The van der Waals surface area contributed by atoms with Crippen molar-refractivity contribution in [2.24, 2.45) is 11.1 Å². The van der Waals surface area contributed by atoms with Crippen LogP contribution in [0.4, 0.5) is 0 Å². The van der Waals surface area contributed by atoms with Crippen molar-refractivity contribution >= 4 is 5.91 Å². The van der Waals surface area contributed by atoms with Crippen molar-refractivity contribution < 1.29 is 9.53 Å². The van der Waals surface area contributed by atoms with Crippen LogP contribution in [0.15, 0.2) is 24.3 Å². The van der Waals surface area contributed by atoms with E-state index in [0.29, 0.717) is 6.61 Å². The molecule has 0 spiro atoms. The van der Waals surface area contributed by atoms with E-state index in [9.17, 15) is 4.79 Å². The van der Waals surface area contributed by atoms with E-state index >= 15 is 0 Å². The average molecular weight is 248 g/mol. The molecule has 1 aliphatic rings. The van der Waals surface area contributed by atoms with E-state index in [1.807, 2.05) is 45.0 Å². The van der Waals surface area contributed by atoms with Crippen molar-refractivity contribution in [3.63, 3.8) is 0 Å². The number of hydrogen-bond donors (Lipinski definition) is 2. The molecule has 2 atom stereocenters. The molecule has 4 nitrogen and oxygen atoms in total. The van der Waals surface area contributed by atoms with Crippen LogP contribution in [0.2, 0.25) is 0 Å². The molecule has 0 aliphatic carbocycles. The fourth-order valence-electron chi connectivity index (χ4n) is 1.94. The van der Waals surface area contributed by atoms with Gasteiger partial charge in [-0.2, -0.15) is 0 Å². The van der Waals surface area contributed by atoms with Crippen molar-refractivity contribution in [3.05, 3.63) is 29.8 Å². The molecular formula is C14H20N2O2. The lowest BCUT2D eigenvalue weighted by atomic mass is 9.86. The molecule has 0 saturated heterocycles. The molecule has 0 saturated carbocycles. The zero-order chi connectivity index (χ0) is 13.3. The van der Waals surface area contributed by atoms with Crippen molar-refractivity contribution in [2.45, 2.75) is 32.9 Å². The van der Waals surface area contributed by atoms with Crippen LogP contribution in [-0.4, -0.2) is 18.6 Å². The SMILES string of the molecule is CC(C)(C)[C@H](N)C(=O)NC1COc2ccccc21. The van der Waals surface area contributed by atoms with Crippen LogP contribution in [0.1, 0.15) is 32.4 Å². The average Bonchev–Trinajstić information content (AvgIpc) is 2.70. The van der Waals surface area contributed by atoms with Crippen LogP contribution in [0.25, 0.3) is 0 Å². The quantitative estimate of drug-likeness (QED) is 0.835. The highest BCUT2D eigenvalue weighted by molar-refractivity contribution is 5.83. The fraction of sp³-hybridized carbons (Fsp3) is 0.500. The predicted octanol–water partition coefficient (Wildman–Crippen LogP) is 1.61. The van der Waals surface area contributed by atoms with Crippen molar-refractivity contribution in [1.82, 2.24) is 5.32 Å². The van der Waals surface area contributed by atoms with Gasteiger partial charge >= 0.3 is 0 Å². The Balaban J connectivity index is 2.06. The smallest absolute Gasteiger partial charge is 0.238 e. The van der Waals surface area contributed by atoms with Crippen molar-refractivity contribution in [2.75, 3.05) is 6.61 Å². The van der Waals surface area contributed by atoms with E-state index < -0.39 is 6.04 Å². The monoisotopic (exact) mass is 248 g/mol. The highest BCUT2D eigenvalue weighted by Crippen LogP contribution is 2.32. The number of hydrogen-bond acceptors (Lipinski definition) is 3. The van der Waals surface area contributed by atoms with Gasteiger partial charge in [0.2, 0.25) is 5.91 Å². The molecular weight excluding hydrogens is 228 g/mol. The van der Waals surface area contributed by atoms with E-state index in [-0.39, 0.29) is 17.4 Å². The maximum atomic E-state index is 12.1. The second-order valence-electron chi connectivity index (χ2n) is 5.75. The number of carbonyl (C=O) groups excluding carboxylic acids is 1. The molecule has 1 heterocycles. The van der Waals surface area contributed by atoms with Crippen LogP contribution in [-0.2, 0) is 4.79 Å². The first-order chi connectivity index (χ1) is 8.39. The number of rotatable bonds is 2. The molecule has 3 N–H and O–H groups in total. The van der Waals surface area contributed by atoms with Gasteiger partial charge < -0.3 is 15.8 Å². The molecule has 4 heteroatoms. The standard InChI is InChI=1S/C14H20N2O2/c1-14(2,3)12(15)13(17)16-10-8-18-11-7-5-4-6-9(10)11/h4-7,10,12H,8,15H2,1-3H3,(H,16,17)/t10?,12-/m1/s1. The zero-order valence-corrected chi connectivity index (χ0v) is 11.1. The number of nitrogens with two attached hydrogens (primary N) is 1. The maximum Gasteiger partial charge on any atom is 0.238 e. The summed E-state index contributed by atoms with van der Waals surface area (Å²) in [6.07, 6.45) is 0. The lowest BCUT2D eigenvalue weighted by Crippen LogP contribution is -2.49. The summed E-state index contributed by atoms with van der Waals surface area (Å²) in [5.74, 6) is 0.708. The normalized spacial score (nSPS) is 19.9. The highest BCUT2D eigenvalue weighted by Gasteiger charge is 2.31. The summed E-state index contributed by atoms with van der Waals surface area (Å²) in [5, 5.41) is 2.95. The van der Waals surface area contributed by atoms with Gasteiger partial charge in [-0.25, -0.2) is 0 Å². The summed E-state index contributed by atoms with van der Waals surface area (Å²) in [7, 11) is 0. The Labute approximate surface area is 108 Å². The molecule has 18 heavy (non-hydrogen) atoms. The van der Waals surface area contributed by atoms with Gasteiger partial charge in [0, 0.05) is 5.56 Å². The summed E-state index contributed by atoms with van der Waals surface area (Å²) in [5.41, 5.74) is 6.71. The van der Waals surface area contributed by atoms with Crippen molar-refractivity contribution in [1.29, 1.82) is 0 Å². The Bertz CT molecular complexity index is 451. The van der Waals surface area contributed by atoms with Crippen LogP contribution in [0, 0.1) is 5.41 Å². The molecule has 0 fully saturated rings. The van der Waals surface area contributed by atoms with Gasteiger partial charge in [0.05, 0.1) is 12.1 Å². The Kier molecular flexibility index (Phi) is 3.30. The van der Waals surface area contributed by atoms with Gasteiger partial charge in [-0.3, -0.25) is 4.79 Å². The lowest BCUT2D eigenvalue weighted by Gasteiger charge is -2.27. The molecule has 2 rings (SSSR count). The summed E-state index contributed by atoms with van der Waals surface area (Å²) < 4.78 is 5.52. The Morgan fingerprint density at radius 2 is 2.11 bits per heavy atom. The van der Waals surface area contributed by atoms with Gasteiger partial charge in [-0.1, -0.05) is 39.0 Å². The van der Waals surface area contributed by atoms with E-state index in [1.165, 1.54) is 0 Å². The Morgan fingerprint density at radius 1 is 1.44 bits per heavy atom. The molecule has 98 valence electrons. The topological polar surface area (TPSA) is 64.4 Å². The number of para-hydroxylation sites is 1. The van der Waals surface area contributed by atoms with Gasteiger partial charge in [0.1, 0.15) is 12.4 Å². The van der Waals surface area contributed by atoms with E-state index in [2.05, 4.69) is 5.32 Å². The highest BCUT2D eigenvalue weighted by atomic mass is 16.5. The van der Waals surface area contributed by atoms with Gasteiger partial charge in [0.25, 0.3) is 0 Å². The number of benzene rings is 1. The molecule has 1 aromatic carbocycles. The van der Waals surface area contributed by atoms with Crippen LogP contribution < -0.4 is 15.8 Å². The molecule has 1 amide bonds. The second-order valence-corrected chi connectivity index (χ2v) is 5.75. The third-order valence-corrected chi connectivity index (χ3v) is 3.23. The predicted molar refractivity (Wildman–Crippen MR) is 70.3 cm³/mol. The first kappa shape index (κ1) is 12.9. The summed E-state index contributed by atoms with van der Waals surface area (Å²) in [4.78, 5) is 12.1. The molecule has 0 bridgehead atoms. The Hall–Kier alpha value is -1.55. The number of amides is 1. The minimum atomic E-state index is -0.523. The molecule has 1 aromatic rings. The summed E-state index contributed by atoms with van der Waals surface area (Å²) >= 11 is 0. The van der Waals surface area contributed by atoms with Gasteiger partial charge in [-0.05, 0) is 11.5 Å². The van der Waals surface area contributed by atoms with Crippen LogP contribution in [0.3, 0.4) is 0 Å². The van der Waals surface area contributed by atoms with Gasteiger partial charge in [0.15, 0.2) is 0 Å². The first-order valence-electron chi connectivity index (χ1n) is 6.17. The first-order valence-corrected chi connectivity index (χ1v) is 6.17. The summed E-state index contributed by atoms with van der Waals surface area (Å²) in [6, 6.07) is 7.12. The Morgan fingerprint density at radius 3 is 2.78 bits per heavy atom. The third kappa shape index (κ3) is 2.48. The van der Waals surface area contributed by atoms with E-state index in [4.69, 9.17) is 10.5 Å². The number of nitrogens with one attached hydrogen (secondary N) is 1. The molecule has 1 aliphatic heterocycles.